The molecule has 116 valence electrons. The van der Waals surface area contributed by atoms with Gasteiger partial charge in [-0.3, -0.25) is 9.59 Å². The van der Waals surface area contributed by atoms with Gasteiger partial charge in [-0.25, -0.2) is 0 Å². The number of piperazine rings is 1. The van der Waals surface area contributed by atoms with Crippen molar-refractivity contribution in [1.29, 1.82) is 0 Å². The van der Waals surface area contributed by atoms with Crippen LogP contribution in [0.1, 0.15) is 12.0 Å². The molecule has 0 N–H and O–H groups in total. The van der Waals surface area contributed by atoms with Crippen molar-refractivity contribution in [2.75, 3.05) is 45.2 Å². The van der Waals surface area contributed by atoms with E-state index in [9.17, 15) is 9.59 Å². The third kappa shape index (κ3) is 1.69. The van der Waals surface area contributed by atoms with Gasteiger partial charge in [0.25, 0.3) is 0 Å². The molecule has 3 aliphatic rings. The molecule has 2 fully saturated rings. The summed E-state index contributed by atoms with van der Waals surface area (Å²) in [4.78, 5) is 31.5. The summed E-state index contributed by atoms with van der Waals surface area (Å²) >= 11 is 0. The van der Waals surface area contributed by atoms with E-state index in [0.717, 1.165) is 37.4 Å². The first kappa shape index (κ1) is 13.8. The molecule has 1 aliphatic carbocycles. The first-order valence-corrected chi connectivity index (χ1v) is 7.90. The van der Waals surface area contributed by atoms with E-state index in [4.69, 9.17) is 0 Å². The zero-order valence-electron chi connectivity index (χ0n) is 13.1. The fourth-order valence-corrected chi connectivity index (χ4v) is 4.01. The maximum Gasteiger partial charge on any atom is 0.238 e. The van der Waals surface area contributed by atoms with Gasteiger partial charge in [0, 0.05) is 38.9 Å². The van der Waals surface area contributed by atoms with Crippen molar-refractivity contribution in [2.45, 2.75) is 11.8 Å². The summed E-state index contributed by atoms with van der Waals surface area (Å²) < 4.78 is 0. The molecular weight excluding hydrogens is 278 g/mol. The quantitative estimate of drug-likeness (QED) is 0.766. The van der Waals surface area contributed by atoms with Crippen LogP contribution < -0.4 is 4.90 Å². The Morgan fingerprint density at radius 1 is 1.14 bits per heavy atom. The molecule has 1 saturated carbocycles. The predicted octanol–water partition coefficient (Wildman–Crippen LogP) is 0.695. The second kappa shape index (κ2) is 4.56. The Bertz CT molecular complexity index is 651. The minimum Gasteiger partial charge on any atom is -0.340 e. The van der Waals surface area contributed by atoms with Crippen molar-refractivity contribution < 1.29 is 9.59 Å². The second-order valence-electron chi connectivity index (χ2n) is 6.74. The van der Waals surface area contributed by atoms with Gasteiger partial charge in [0.1, 0.15) is 0 Å². The minimum atomic E-state index is -0.578. The number of para-hydroxylation sites is 1. The molecule has 5 heteroatoms. The van der Waals surface area contributed by atoms with E-state index in [-0.39, 0.29) is 17.7 Å². The monoisotopic (exact) mass is 299 g/mol. The molecule has 22 heavy (non-hydrogen) atoms. The van der Waals surface area contributed by atoms with Crippen molar-refractivity contribution in [3.8, 4) is 0 Å². The predicted molar refractivity (Wildman–Crippen MR) is 83.7 cm³/mol. The number of hydrogen-bond donors (Lipinski definition) is 0. The van der Waals surface area contributed by atoms with Gasteiger partial charge in [0.15, 0.2) is 0 Å². The van der Waals surface area contributed by atoms with Crippen molar-refractivity contribution in [1.82, 2.24) is 9.80 Å². The van der Waals surface area contributed by atoms with Crippen molar-refractivity contribution in [3.05, 3.63) is 29.8 Å². The number of fused-ring (bicyclic) bond motifs is 2. The number of amides is 2. The normalized spacial score (nSPS) is 30.8. The highest BCUT2D eigenvalue weighted by atomic mass is 16.2. The molecule has 0 aromatic heterocycles. The molecule has 1 spiro atoms. The van der Waals surface area contributed by atoms with Gasteiger partial charge < -0.3 is 14.7 Å². The Balaban J connectivity index is 1.60. The second-order valence-corrected chi connectivity index (χ2v) is 6.74. The standard InChI is InChI=1S/C17H21N3O2/c1-18-7-9-20(10-8-18)15(21)13-11-17(13)12-5-3-4-6-14(12)19(2)16(17)22/h3-6,13H,7-11H2,1-2H3. The van der Waals surface area contributed by atoms with Crippen LogP contribution >= 0.6 is 0 Å². The van der Waals surface area contributed by atoms with E-state index >= 15 is 0 Å². The number of benzene rings is 1. The Morgan fingerprint density at radius 3 is 2.55 bits per heavy atom. The Labute approximate surface area is 130 Å². The molecule has 2 heterocycles. The minimum absolute atomic E-state index is 0.0844. The molecule has 2 amide bonds. The van der Waals surface area contributed by atoms with E-state index in [2.05, 4.69) is 11.9 Å². The highest BCUT2D eigenvalue weighted by Gasteiger charge is 2.69. The third-order valence-electron chi connectivity index (χ3n) is 5.51. The summed E-state index contributed by atoms with van der Waals surface area (Å²) in [6.45, 7) is 3.37. The van der Waals surface area contributed by atoms with Gasteiger partial charge in [-0.1, -0.05) is 18.2 Å². The van der Waals surface area contributed by atoms with Crippen LogP contribution in [-0.2, 0) is 15.0 Å². The number of likely N-dealkylation sites (N-methyl/N-ethyl adjacent to an activating group) is 2. The maximum absolute atomic E-state index is 12.8. The first-order chi connectivity index (χ1) is 10.6. The van der Waals surface area contributed by atoms with Crippen LogP contribution in [0.25, 0.3) is 0 Å². The summed E-state index contributed by atoms with van der Waals surface area (Å²) in [7, 11) is 3.89. The van der Waals surface area contributed by atoms with Gasteiger partial charge in [-0.15, -0.1) is 0 Å². The fraction of sp³-hybridized carbons (Fsp3) is 0.529. The molecule has 2 unspecified atom stereocenters. The summed E-state index contributed by atoms with van der Waals surface area (Å²) in [5.74, 6) is 0.0715. The summed E-state index contributed by atoms with van der Waals surface area (Å²) in [5.41, 5.74) is 1.42. The van der Waals surface area contributed by atoms with Gasteiger partial charge in [-0.05, 0) is 25.1 Å². The molecule has 4 rings (SSSR count). The van der Waals surface area contributed by atoms with E-state index in [1.54, 1.807) is 4.90 Å². The molecule has 2 aliphatic heterocycles. The van der Waals surface area contributed by atoms with E-state index in [1.165, 1.54) is 0 Å². The number of hydrogen-bond acceptors (Lipinski definition) is 3. The lowest BCUT2D eigenvalue weighted by atomic mass is 9.94. The van der Waals surface area contributed by atoms with Crippen LogP contribution in [-0.4, -0.2) is 61.9 Å². The largest absolute Gasteiger partial charge is 0.340 e. The van der Waals surface area contributed by atoms with E-state index < -0.39 is 5.41 Å². The van der Waals surface area contributed by atoms with Gasteiger partial charge in [-0.2, -0.15) is 0 Å². The molecule has 5 nitrogen and oxygen atoms in total. The number of nitrogens with zero attached hydrogens (tertiary/aromatic N) is 3. The Kier molecular flexibility index (Phi) is 2.85. The van der Waals surface area contributed by atoms with Gasteiger partial charge >= 0.3 is 0 Å². The summed E-state index contributed by atoms with van der Waals surface area (Å²) in [6, 6.07) is 7.88. The number of carbonyl (C=O) groups is 2. The topological polar surface area (TPSA) is 43.9 Å². The van der Waals surface area contributed by atoms with E-state index in [0.29, 0.717) is 6.42 Å². The third-order valence-corrected chi connectivity index (χ3v) is 5.51. The first-order valence-electron chi connectivity index (χ1n) is 7.90. The lowest BCUT2D eigenvalue weighted by molar-refractivity contribution is -0.136. The summed E-state index contributed by atoms with van der Waals surface area (Å²) in [5, 5.41) is 0. The highest BCUT2D eigenvalue weighted by molar-refractivity contribution is 6.13. The lowest BCUT2D eigenvalue weighted by Crippen LogP contribution is -2.48. The average molecular weight is 299 g/mol. The molecule has 1 aromatic rings. The van der Waals surface area contributed by atoms with Crippen molar-refractivity contribution in [3.63, 3.8) is 0 Å². The van der Waals surface area contributed by atoms with Crippen LogP contribution in [0.3, 0.4) is 0 Å². The van der Waals surface area contributed by atoms with Gasteiger partial charge in [0.2, 0.25) is 11.8 Å². The Hall–Kier alpha value is -1.88. The van der Waals surface area contributed by atoms with Crippen LogP contribution in [0.4, 0.5) is 5.69 Å². The molecule has 0 bridgehead atoms. The highest BCUT2D eigenvalue weighted by Crippen LogP contribution is 2.61. The summed E-state index contributed by atoms with van der Waals surface area (Å²) in [6.07, 6.45) is 0.665. The lowest BCUT2D eigenvalue weighted by Gasteiger charge is -2.33. The van der Waals surface area contributed by atoms with Gasteiger partial charge in [0.05, 0.1) is 11.3 Å². The van der Waals surface area contributed by atoms with Crippen LogP contribution in [0, 0.1) is 5.92 Å². The maximum atomic E-state index is 12.8. The smallest absolute Gasteiger partial charge is 0.238 e. The molecule has 0 radical (unpaired) electrons. The van der Waals surface area contributed by atoms with Crippen LogP contribution in [0.5, 0.6) is 0 Å². The van der Waals surface area contributed by atoms with Crippen LogP contribution in [0.2, 0.25) is 0 Å². The molecule has 1 saturated heterocycles. The zero-order valence-corrected chi connectivity index (χ0v) is 13.1. The number of carbonyl (C=O) groups excluding carboxylic acids is 2. The Morgan fingerprint density at radius 2 is 1.82 bits per heavy atom. The van der Waals surface area contributed by atoms with Crippen molar-refractivity contribution >= 4 is 17.5 Å². The average Bonchev–Trinajstić information content (AvgIpc) is 3.26. The molecule has 1 aromatic carbocycles. The van der Waals surface area contributed by atoms with Crippen molar-refractivity contribution in [2.24, 2.45) is 5.92 Å². The molecular formula is C17H21N3O2. The van der Waals surface area contributed by atoms with Crippen LogP contribution in [0.15, 0.2) is 24.3 Å². The fourth-order valence-electron chi connectivity index (χ4n) is 4.01. The zero-order chi connectivity index (χ0) is 15.5. The molecule has 2 atom stereocenters. The number of anilines is 1. The SMILES string of the molecule is CN1CCN(C(=O)C2CC23C(=O)N(C)c2ccccc23)CC1. The van der Waals surface area contributed by atoms with E-state index in [1.807, 2.05) is 36.2 Å². The number of rotatable bonds is 1.